The lowest BCUT2D eigenvalue weighted by Gasteiger charge is -2.35. The molecule has 0 radical (unpaired) electrons. The van der Waals surface area contributed by atoms with E-state index in [0.29, 0.717) is 22.9 Å². The van der Waals surface area contributed by atoms with E-state index < -0.39 is 11.6 Å². The molecule has 0 saturated carbocycles. The van der Waals surface area contributed by atoms with Gasteiger partial charge in [0.1, 0.15) is 0 Å². The fourth-order valence-electron chi connectivity index (χ4n) is 2.32. The number of benzene rings is 1. The number of hydrogen-bond donors (Lipinski definition) is 0. The molecule has 0 spiro atoms. The van der Waals surface area contributed by atoms with Crippen molar-refractivity contribution < 1.29 is 14.3 Å². The van der Waals surface area contributed by atoms with Crippen molar-refractivity contribution in [3.8, 4) is 0 Å². The smallest absolute Gasteiger partial charge is 0.339 e. The number of carbonyl (C=O) groups excluding carboxylic acids is 2. The molecule has 0 saturated heterocycles. The third-order valence-electron chi connectivity index (χ3n) is 3.05. The third kappa shape index (κ3) is 2.09. The van der Waals surface area contributed by atoms with E-state index in [0.717, 1.165) is 0 Å². The number of esters is 1. The lowest BCUT2D eigenvalue weighted by Crippen LogP contribution is -2.50. The van der Waals surface area contributed by atoms with Gasteiger partial charge < -0.3 is 4.74 Å². The summed E-state index contributed by atoms with van der Waals surface area (Å²) < 4.78 is 5.44. The monoisotopic (exact) mass is 310 g/mol. The first-order chi connectivity index (χ1) is 8.50. The van der Waals surface area contributed by atoms with E-state index >= 15 is 0 Å². The maximum Gasteiger partial charge on any atom is 0.339 e. The number of ketones is 1. The quantitative estimate of drug-likeness (QED) is 0.636. The van der Waals surface area contributed by atoms with Gasteiger partial charge in [-0.2, -0.15) is 0 Å². The second-order valence-electron chi connectivity index (χ2n) is 4.99. The molecule has 1 aromatic rings. The van der Waals surface area contributed by atoms with E-state index in [4.69, 9.17) is 4.74 Å². The zero-order chi connectivity index (χ0) is 13.3. The summed E-state index contributed by atoms with van der Waals surface area (Å²) >= 11 is 3.32. The van der Waals surface area contributed by atoms with Crippen LogP contribution in [0.25, 0.3) is 0 Å². The van der Waals surface area contributed by atoms with Crippen molar-refractivity contribution in [3.63, 3.8) is 0 Å². The van der Waals surface area contributed by atoms with Crippen molar-refractivity contribution in [2.75, 3.05) is 5.33 Å². The number of cyclic esters (lactones) is 1. The van der Waals surface area contributed by atoms with E-state index in [-0.39, 0.29) is 11.7 Å². The van der Waals surface area contributed by atoms with Gasteiger partial charge in [0.2, 0.25) is 5.78 Å². The zero-order valence-electron chi connectivity index (χ0n) is 10.4. The predicted molar refractivity (Wildman–Crippen MR) is 72.2 cm³/mol. The van der Waals surface area contributed by atoms with Crippen molar-refractivity contribution in [1.29, 1.82) is 0 Å². The summed E-state index contributed by atoms with van der Waals surface area (Å²) in [5.74, 6) is -0.252. The predicted octanol–water partition coefficient (Wildman–Crippen LogP) is 3.22. The van der Waals surface area contributed by atoms with Crippen LogP contribution in [0.1, 0.15) is 41.0 Å². The standard InChI is InChI=1S/C14H15BrO3/c1-9(2)7-14(8-15)12(16)10-5-3-4-6-11(10)13(17)18-14/h3-6,9H,7-8H2,1-2H3. The molecule has 1 aromatic carbocycles. The first kappa shape index (κ1) is 13.3. The summed E-state index contributed by atoms with van der Waals surface area (Å²) in [6.45, 7) is 4.01. The molecule has 1 aliphatic heterocycles. The molecular weight excluding hydrogens is 296 g/mol. The van der Waals surface area contributed by atoms with Crippen molar-refractivity contribution in [3.05, 3.63) is 35.4 Å². The molecule has 96 valence electrons. The van der Waals surface area contributed by atoms with Crippen molar-refractivity contribution in [2.24, 2.45) is 5.92 Å². The lowest BCUT2D eigenvalue weighted by atomic mass is 9.83. The van der Waals surface area contributed by atoms with Crippen LogP contribution in [0.3, 0.4) is 0 Å². The Bertz CT molecular complexity index is 496. The van der Waals surface area contributed by atoms with Crippen molar-refractivity contribution in [1.82, 2.24) is 0 Å². The Hall–Kier alpha value is -1.16. The van der Waals surface area contributed by atoms with Crippen LogP contribution >= 0.6 is 15.9 Å². The molecule has 3 nitrogen and oxygen atoms in total. The van der Waals surface area contributed by atoms with Gasteiger partial charge in [-0.15, -0.1) is 0 Å². The van der Waals surface area contributed by atoms with Crippen LogP contribution in [-0.2, 0) is 4.74 Å². The van der Waals surface area contributed by atoms with Crippen LogP contribution in [0.5, 0.6) is 0 Å². The van der Waals surface area contributed by atoms with Crippen LogP contribution in [-0.4, -0.2) is 22.7 Å². The van der Waals surface area contributed by atoms with Gasteiger partial charge in [-0.05, 0) is 18.4 Å². The summed E-state index contributed by atoms with van der Waals surface area (Å²) in [5, 5.41) is 0.330. The average Bonchev–Trinajstić information content (AvgIpc) is 2.35. The highest BCUT2D eigenvalue weighted by molar-refractivity contribution is 9.09. The Kier molecular flexibility index (Phi) is 3.57. The summed E-state index contributed by atoms with van der Waals surface area (Å²) in [5.41, 5.74) is -0.226. The second-order valence-corrected chi connectivity index (χ2v) is 5.55. The lowest BCUT2D eigenvalue weighted by molar-refractivity contribution is -0.0117. The summed E-state index contributed by atoms with van der Waals surface area (Å²) in [6, 6.07) is 6.82. The van der Waals surface area contributed by atoms with Crippen LogP contribution in [0.15, 0.2) is 24.3 Å². The number of alkyl halides is 1. The van der Waals surface area contributed by atoms with Gasteiger partial charge in [0, 0.05) is 5.56 Å². The molecule has 0 amide bonds. The van der Waals surface area contributed by atoms with Crippen LogP contribution < -0.4 is 0 Å². The highest BCUT2D eigenvalue weighted by atomic mass is 79.9. The largest absolute Gasteiger partial charge is 0.446 e. The molecule has 1 unspecified atom stereocenters. The number of fused-ring (bicyclic) bond motifs is 1. The van der Waals surface area contributed by atoms with Gasteiger partial charge in [-0.25, -0.2) is 4.79 Å². The molecule has 2 rings (SSSR count). The van der Waals surface area contributed by atoms with E-state index in [2.05, 4.69) is 15.9 Å². The zero-order valence-corrected chi connectivity index (χ0v) is 12.0. The summed E-state index contributed by atoms with van der Waals surface area (Å²) in [6.07, 6.45) is 0.525. The van der Waals surface area contributed by atoms with E-state index in [1.165, 1.54) is 0 Å². The molecule has 1 atom stereocenters. The maximum atomic E-state index is 12.5. The molecular formula is C14H15BrO3. The Morgan fingerprint density at radius 1 is 1.22 bits per heavy atom. The molecule has 0 fully saturated rings. The fraction of sp³-hybridized carbons (Fsp3) is 0.429. The molecule has 4 heteroatoms. The van der Waals surface area contributed by atoms with Gasteiger partial charge in [0.05, 0.1) is 10.9 Å². The Labute approximate surface area is 115 Å². The van der Waals surface area contributed by atoms with Crippen LogP contribution in [0.4, 0.5) is 0 Å². The number of ether oxygens (including phenoxy) is 1. The minimum Gasteiger partial charge on any atom is -0.446 e. The molecule has 0 aliphatic carbocycles. The number of carbonyl (C=O) groups is 2. The molecule has 0 aromatic heterocycles. The van der Waals surface area contributed by atoms with E-state index in [1.807, 2.05) is 13.8 Å². The van der Waals surface area contributed by atoms with Gasteiger partial charge >= 0.3 is 5.97 Å². The second kappa shape index (κ2) is 4.84. The third-order valence-corrected chi connectivity index (χ3v) is 3.95. The topological polar surface area (TPSA) is 43.4 Å². The fourth-order valence-corrected chi connectivity index (χ4v) is 2.92. The molecule has 18 heavy (non-hydrogen) atoms. The molecule has 0 N–H and O–H groups in total. The number of Topliss-reactive ketones (excluding diaryl/α,β-unsaturated/α-hetero) is 1. The first-order valence-electron chi connectivity index (χ1n) is 5.93. The van der Waals surface area contributed by atoms with Gasteiger partial charge in [0.15, 0.2) is 5.60 Å². The summed E-state index contributed by atoms with van der Waals surface area (Å²) in [7, 11) is 0. The molecule has 0 bridgehead atoms. The Morgan fingerprint density at radius 2 is 1.83 bits per heavy atom. The van der Waals surface area contributed by atoms with Gasteiger partial charge in [0.25, 0.3) is 0 Å². The Morgan fingerprint density at radius 3 is 2.39 bits per heavy atom. The highest BCUT2D eigenvalue weighted by Gasteiger charge is 2.47. The normalized spacial score (nSPS) is 22.9. The highest BCUT2D eigenvalue weighted by Crippen LogP contribution is 2.34. The van der Waals surface area contributed by atoms with Crippen LogP contribution in [0.2, 0.25) is 0 Å². The van der Waals surface area contributed by atoms with Crippen LogP contribution in [0, 0.1) is 5.92 Å². The van der Waals surface area contributed by atoms with Crippen molar-refractivity contribution in [2.45, 2.75) is 25.9 Å². The van der Waals surface area contributed by atoms with Crippen molar-refractivity contribution >= 4 is 27.7 Å². The molecule has 1 heterocycles. The summed E-state index contributed by atoms with van der Waals surface area (Å²) in [4.78, 5) is 24.5. The number of halogens is 1. The minimum atomic E-state index is -1.06. The SMILES string of the molecule is CC(C)CC1(CBr)OC(=O)c2ccccc2C1=O. The number of rotatable bonds is 3. The average molecular weight is 311 g/mol. The number of hydrogen-bond acceptors (Lipinski definition) is 3. The van der Waals surface area contributed by atoms with Gasteiger partial charge in [-0.1, -0.05) is 48.0 Å². The maximum absolute atomic E-state index is 12.5. The molecule has 1 aliphatic rings. The van der Waals surface area contributed by atoms with Gasteiger partial charge in [-0.3, -0.25) is 4.79 Å². The van der Waals surface area contributed by atoms with E-state index in [9.17, 15) is 9.59 Å². The minimum absolute atomic E-state index is 0.108. The first-order valence-corrected chi connectivity index (χ1v) is 7.05. The Balaban J connectivity index is 2.49. The van der Waals surface area contributed by atoms with E-state index in [1.54, 1.807) is 24.3 Å².